The molecule has 2 bridgehead atoms. The third-order valence-corrected chi connectivity index (χ3v) is 10.3. The lowest BCUT2D eigenvalue weighted by molar-refractivity contribution is -0.380. The fourth-order valence-electron chi connectivity index (χ4n) is 8.62. The van der Waals surface area contributed by atoms with Gasteiger partial charge in [-0.1, -0.05) is 30.7 Å². The first-order valence-corrected chi connectivity index (χ1v) is 13.2. The van der Waals surface area contributed by atoms with Gasteiger partial charge in [0.2, 0.25) is 0 Å². The molecule has 2 saturated heterocycles. The van der Waals surface area contributed by atoms with Crippen molar-refractivity contribution in [1.29, 1.82) is 0 Å². The molecule has 0 radical (unpaired) electrons. The van der Waals surface area contributed by atoms with Gasteiger partial charge >= 0.3 is 17.9 Å². The van der Waals surface area contributed by atoms with Crippen molar-refractivity contribution in [2.24, 2.45) is 16.7 Å². The van der Waals surface area contributed by atoms with Crippen LogP contribution in [0.1, 0.15) is 64.2 Å². The summed E-state index contributed by atoms with van der Waals surface area (Å²) in [5.74, 6) is -2.99. The number of allylic oxidation sites excluding steroid dienone is 1. The fourth-order valence-corrected chi connectivity index (χ4v) is 8.62. The molecular weight excluding hydrogens is 492 g/mol. The van der Waals surface area contributed by atoms with Crippen LogP contribution >= 0.6 is 0 Å². The van der Waals surface area contributed by atoms with E-state index in [1.54, 1.807) is 51.1 Å². The molecule has 9 nitrogen and oxygen atoms in total. The number of hydrogen-bond acceptors (Lipinski definition) is 9. The second-order valence-electron chi connectivity index (χ2n) is 12.3. The predicted octanol–water partition coefficient (Wildman–Crippen LogP) is 2.48. The first kappa shape index (κ1) is 25.5. The van der Waals surface area contributed by atoms with Gasteiger partial charge in [-0.25, -0.2) is 9.59 Å². The minimum absolute atomic E-state index is 0.0106. The molecule has 2 aliphatic heterocycles. The van der Waals surface area contributed by atoms with E-state index in [0.717, 1.165) is 5.57 Å². The second kappa shape index (κ2) is 7.67. The number of fused-ring (bicyclic) bond motifs is 4. The lowest BCUT2D eigenvalue weighted by Crippen LogP contribution is -2.87. The summed E-state index contributed by atoms with van der Waals surface area (Å²) in [6.45, 7) is 8.29. The third kappa shape index (κ3) is 2.70. The van der Waals surface area contributed by atoms with Gasteiger partial charge in [-0.05, 0) is 51.3 Å². The summed E-state index contributed by atoms with van der Waals surface area (Å²) in [5, 5.41) is 24.3. The van der Waals surface area contributed by atoms with E-state index >= 15 is 0 Å². The summed E-state index contributed by atoms with van der Waals surface area (Å²) >= 11 is 0. The normalized spacial score (nSPS) is 44.1. The van der Waals surface area contributed by atoms with Crippen LogP contribution in [0.2, 0.25) is 0 Å². The quantitative estimate of drug-likeness (QED) is 0.347. The van der Waals surface area contributed by atoms with Crippen molar-refractivity contribution in [3.05, 3.63) is 47.0 Å². The molecule has 8 atom stereocenters. The van der Waals surface area contributed by atoms with Crippen LogP contribution < -0.4 is 0 Å². The minimum Gasteiger partial charge on any atom is -0.457 e. The summed E-state index contributed by atoms with van der Waals surface area (Å²) in [6.07, 6.45) is -1.96. The van der Waals surface area contributed by atoms with Gasteiger partial charge in [-0.15, -0.1) is 0 Å². The van der Waals surface area contributed by atoms with Crippen LogP contribution in [0.5, 0.6) is 0 Å². The smallest absolute Gasteiger partial charge is 0.343 e. The topological polar surface area (TPSA) is 129 Å². The van der Waals surface area contributed by atoms with Crippen molar-refractivity contribution < 1.29 is 43.5 Å². The zero-order valence-corrected chi connectivity index (χ0v) is 22.3. The van der Waals surface area contributed by atoms with Crippen molar-refractivity contribution in [3.8, 4) is 0 Å². The number of ether oxygens (including phenoxy) is 4. The van der Waals surface area contributed by atoms with Crippen molar-refractivity contribution in [2.75, 3.05) is 6.61 Å². The van der Waals surface area contributed by atoms with Gasteiger partial charge in [-0.3, -0.25) is 4.79 Å². The highest BCUT2D eigenvalue weighted by atomic mass is 16.6. The minimum atomic E-state index is -2.23. The number of carbonyl (C=O) groups excluding carboxylic acids is 3. The highest BCUT2D eigenvalue weighted by Crippen LogP contribution is 2.75. The van der Waals surface area contributed by atoms with Crippen LogP contribution in [0.4, 0.5) is 0 Å². The lowest BCUT2D eigenvalue weighted by atomic mass is 9.37. The molecular formula is C29H34O9. The predicted molar refractivity (Wildman–Crippen MR) is 132 cm³/mol. The van der Waals surface area contributed by atoms with E-state index in [0.29, 0.717) is 24.0 Å². The molecule has 0 aromatic heterocycles. The summed E-state index contributed by atoms with van der Waals surface area (Å²) in [4.78, 5) is 40.0. The molecule has 0 spiro atoms. The van der Waals surface area contributed by atoms with E-state index in [1.807, 2.05) is 6.92 Å². The van der Waals surface area contributed by atoms with Crippen molar-refractivity contribution >= 4 is 17.9 Å². The van der Waals surface area contributed by atoms with Gasteiger partial charge in [0.05, 0.1) is 29.6 Å². The van der Waals surface area contributed by atoms with E-state index in [-0.39, 0.29) is 13.0 Å². The number of benzene rings is 1. The molecule has 2 saturated carbocycles. The molecule has 5 aliphatic rings. The largest absolute Gasteiger partial charge is 0.457 e. The van der Waals surface area contributed by atoms with Gasteiger partial charge in [0.1, 0.15) is 17.8 Å². The number of cyclic esters (lactones) is 1. The third-order valence-electron chi connectivity index (χ3n) is 10.3. The van der Waals surface area contributed by atoms with Gasteiger partial charge in [0.25, 0.3) is 0 Å². The lowest BCUT2D eigenvalue weighted by Gasteiger charge is -2.74. The van der Waals surface area contributed by atoms with E-state index in [1.165, 1.54) is 6.92 Å². The van der Waals surface area contributed by atoms with Crippen LogP contribution in [0.25, 0.3) is 0 Å². The Hall–Kier alpha value is -2.75. The van der Waals surface area contributed by atoms with Gasteiger partial charge in [-0.2, -0.15) is 0 Å². The van der Waals surface area contributed by atoms with E-state index in [2.05, 4.69) is 0 Å². The molecule has 204 valence electrons. The zero-order chi connectivity index (χ0) is 27.5. The number of aliphatic hydroxyl groups is 2. The SMILES string of the molecule is CC(=O)O[C@@]12CO[C@@H]1C[C@H](O)[C@]1(C)[C@@H]2[C@H](OC(=O)c2ccccc2)[C@@]23CCC(C)=C2[C@@]1(O)C(=O)OC3(C)C. The van der Waals surface area contributed by atoms with Crippen molar-refractivity contribution in [1.82, 2.24) is 0 Å². The summed E-state index contributed by atoms with van der Waals surface area (Å²) in [6, 6.07) is 8.55. The van der Waals surface area contributed by atoms with Gasteiger partial charge in [0.15, 0.2) is 11.2 Å². The molecule has 0 amide bonds. The van der Waals surface area contributed by atoms with Crippen LogP contribution in [0, 0.1) is 16.7 Å². The van der Waals surface area contributed by atoms with Crippen LogP contribution in [-0.4, -0.2) is 69.8 Å². The number of rotatable bonds is 3. The number of aliphatic hydroxyl groups excluding tert-OH is 1. The molecule has 9 heteroatoms. The molecule has 3 aliphatic carbocycles. The standard InChI is InChI=1S/C29H34O9/c1-15-11-12-27-20(15)29(34,24(33)38-25(27,3)4)26(5)18(31)13-19-28(14-35-19,37-16(2)30)21(26)22(27)36-23(32)17-9-7-6-8-10-17/h6-10,18-19,21-22,31,34H,11-14H2,1-5H3/t18-,19+,21-,22-,26+,27+,28-,29+/m0/s1. The van der Waals surface area contributed by atoms with Gasteiger partial charge in [0, 0.05) is 18.8 Å². The van der Waals surface area contributed by atoms with Crippen LogP contribution in [-0.2, 0) is 28.5 Å². The Morgan fingerprint density at radius 2 is 1.82 bits per heavy atom. The highest BCUT2D eigenvalue weighted by molar-refractivity contribution is 5.91. The molecule has 38 heavy (non-hydrogen) atoms. The molecule has 4 fully saturated rings. The highest BCUT2D eigenvalue weighted by Gasteiger charge is 2.87. The average Bonchev–Trinajstić information content (AvgIpc) is 3.22. The maximum atomic E-state index is 13.9. The average molecular weight is 527 g/mol. The molecule has 1 aromatic carbocycles. The number of carbonyl (C=O) groups is 3. The first-order valence-electron chi connectivity index (χ1n) is 13.2. The van der Waals surface area contributed by atoms with E-state index in [9.17, 15) is 24.6 Å². The van der Waals surface area contributed by atoms with Crippen LogP contribution in [0.3, 0.4) is 0 Å². The number of esters is 3. The summed E-state index contributed by atoms with van der Waals surface area (Å²) in [7, 11) is 0. The zero-order valence-electron chi connectivity index (χ0n) is 22.3. The Kier molecular flexibility index (Phi) is 5.15. The molecule has 1 aromatic rings. The maximum absolute atomic E-state index is 13.9. The first-order chi connectivity index (χ1) is 17.8. The Bertz CT molecular complexity index is 1270. The fraction of sp³-hybridized carbons (Fsp3) is 0.621. The molecule has 2 N–H and O–H groups in total. The van der Waals surface area contributed by atoms with Crippen molar-refractivity contribution in [2.45, 2.75) is 89.0 Å². The van der Waals surface area contributed by atoms with E-state index in [4.69, 9.17) is 18.9 Å². The molecule has 6 rings (SSSR count). The van der Waals surface area contributed by atoms with E-state index < -0.39 is 69.8 Å². The Morgan fingerprint density at radius 3 is 2.42 bits per heavy atom. The molecule has 2 heterocycles. The monoisotopic (exact) mass is 526 g/mol. The maximum Gasteiger partial charge on any atom is 0.343 e. The number of hydrogen-bond donors (Lipinski definition) is 2. The van der Waals surface area contributed by atoms with Gasteiger partial charge < -0.3 is 29.2 Å². The van der Waals surface area contributed by atoms with Crippen LogP contribution in [0.15, 0.2) is 41.5 Å². The second-order valence-corrected chi connectivity index (χ2v) is 12.3. The Morgan fingerprint density at radius 1 is 1.13 bits per heavy atom. The summed E-state index contributed by atoms with van der Waals surface area (Å²) < 4.78 is 24.3. The summed E-state index contributed by atoms with van der Waals surface area (Å²) in [5.41, 5.74) is -5.90. The Balaban J connectivity index is 1.65. The van der Waals surface area contributed by atoms with Crippen molar-refractivity contribution in [3.63, 3.8) is 0 Å². The Labute approximate surface area is 221 Å². The molecule has 0 unspecified atom stereocenters.